The van der Waals surface area contributed by atoms with Crippen molar-refractivity contribution in [2.24, 2.45) is 0 Å². The number of nitrogens with one attached hydrogen (secondary N) is 2. The van der Waals surface area contributed by atoms with Crippen LogP contribution >= 0.6 is 23.2 Å². The summed E-state index contributed by atoms with van der Waals surface area (Å²) in [5.74, 6) is -1.94. The molecule has 3 N–H and O–H groups in total. The number of carboxylic acid groups (broad SMARTS) is 1. The molecule has 246 valence electrons. The Morgan fingerprint density at radius 3 is 2.11 bits per heavy atom. The highest BCUT2D eigenvalue weighted by atomic mass is 35.5. The van der Waals surface area contributed by atoms with Gasteiger partial charge in [-0.1, -0.05) is 103 Å². The molecule has 4 rings (SSSR count). The number of rotatable bonds is 12. The molecule has 1 aliphatic heterocycles. The first kappa shape index (κ1) is 36.4. The molecule has 1 atom stereocenters. The third-order valence-corrected chi connectivity index (χ3v) is 8.39. The van der Waals surface area contributed by atoms with Crippen LogP contribution in [0.5, 0.6) is 0 Å². The van der Waals surface area contributed by atoms with Crippen molar-refractivity contribution in [3.05, 3.63) is 106 Å². The molecule has 1 saturated heterocycles. The zero-order valence-electron chi connectivity index (χ0n) is 26.3. The van der Waals surface area contributed by atoms with Gasteiger partial charge in [0.05, 0.1) is 13.0 Å². The number of aliphatic carboxylic acids is 1. The van der Waals surface area contributed by atoms with Crippen LogP contribution in [0, 0.1) is 0 Å². The summed E-state index contributed by atoms with van der Waals surface area (Å²) in [4.78, 5) is 51.7. The smallest absolute Gasteiger partial charge is 0.326 e. The third-order valence-electron chi connectivity index (χ3n) is 7.80. The molecule has 0 aliphatic carbocycles. The van der Waals surface area contributed by atoms with Gasteiger partial charge in [0.25, 0.3) is 0 Å². The Balaban J connectivity index is 0.000000559. The Hall–Kier alpha value is -4.08. The van der Waals surface area contributed by atoms with Gasteiger partial charge in [0.15, 0.2) is 0 Å². The van der Waals surface area contributed by atoms with Crippen molar-refractivity contribution in [3.63, 3.8) is 0 Å². The summed E-state index contributed by atoms with van der Waals surface area (Å²) in [6, 6.07) is 23.7. The van der Waals surface area contributed by atoms with E-state index in [1.165, 1.54) is 9.80 Å². The van der Waals surface area contributed by atoms with Crippen molar-refractivity contribution in [1.82, 2.24) is 20.4 Å². The second kappa shape index (κ2) is 18.8. The highest BCUT2D eigenvalue weighted by Crippen LogP contribution is 2.29. The lowest BCUT2D eigenvalue weighted by Crippen LogP contribution is -2.46. The van der Waals surface area contributed by atoms with Gasteiger partial charge >= 0.3 is 12.0 Å². The molecule has 11 heteroatoms. The second-order valence-electron chi connectivity index (χ2n) is 11.0. The number of carbonyl (C=O) groups is 4. The Labute approximate surface area is 280 Å². The van der Waals surface area contributed by atoms with E-state index < -0.39 is 12.0 Å². The highest BCUT2D eigenvalue weighted by Gasteiger charge is 2.38. The second-order valence-corrected chi connectivity index (χ2v) is 11.8. The van der Waals surface area contributed by atoms with E-state index in [0.717, 1.165) is 36.1 Å². The zero-order valence-corrected chi connectivity index (χ0v) is 27.8. The van der Waals surface area contributed by atoms with Gasteiger partial charge in [-0.25, -0.2) is 9.59 Å². The monoisotopic (exact) mass is 668 g/mol. The predicted octanol–water partition coefficient (Wildman–Crippen LogP) is 5.99. The number of carbonyl (C=O) groups excluding carboxylic acids is 3. The molecule has 9 nitrogen and oxygen atoms in total. The van der Waals surface area contributed by atoms with E-state index >= 15 is 0 Å². The summed E-state index contributed by atoms with van der Waals surface area (Å²) in [5, 5.41) is 16.1. The van der Waals surface area contributed by atoms with Crippen molar-refractivity contribution in [1.29, 1.82) is 0 Å². The Morgan fingerprint density at radius 1 is 0.935 bits per heavy atom. The standard InChI is InChI=1S/C29H28Cl2N2O4.C6H14N2O/c30-23-12-11-22(25(31)17-23)13-15-32-19-28(35)33(26(29(36)37)18-27(32)34)16-14-24(20-7-3-1-4-8-20)21-9-5-2-6-10-21;1-3-4-5-8-6(9)7-2/h1-12,17,24,26H,13-16,18-19H2,(H,36,37);3-5H2,1-2H3,(H2,7,8,9). The molecule has 0 saturated carbocycles. The van der Waals surface area contributed by atoms with Gasteiger partial charge < -0.3 is 25.5 Å². The number of carboxylic acids is 1. The van der Waals surface area contributed by atoms with Crippen molar-refractivity contribution >= 4 is 47.0 Å². The lowest BCUT2D eigenvalue weighted by Gasteiger charge is -2.28. The van der Waals surface area contributed by atoms with Gasteiger partial charge in [-0.2, -0.15) is 0 Å². The Bertz CT molecular complexity index is 1400. The first-order valence-corrected chi connectivity index (χ1v) is 16.2. The predicted molar refractivity (Wildman–Crippen MR) is 181 cm³/mol. The van der Waals surface area contributed by atoms with E-state index in [9.17, 15) is 24.3 Å². The summed E-state index contributed by atoms with van der Waals surface area (Å²) < 4.78 is 0. The van der Waals surface area contributed by atoms with Gasteiger partial charge in [0.1, 0.15) is 6.04 Å². The van der Waals surface area contributed by atoms with Crippen LogP contribution in [0.3, 0.4) is 0 Å². The van der Waals surface area contributed by atoms with E-state index in [-0.39, 0.29) is 49.8 Å². The minimum absolute atomic E-state index is 0.0215. The topological polar surface area (TPSA) is 119 Å². The van der Waals surface area contributed by atoms with Crippen LogP contribution in [0.1, 0.15) is 55.2 Å². The SMILES string of the molecule is CCCCNC(=O)NC.O=C(O)C1CC(=O)N(CCc2ccc(Cl)cc2Cl)CC(=O)N1CCC(c1ccccc1)c1ccccc1. The van der Waals surface area contributed by atoms with Crippen LogP contribution in [0.4, 0.5) is 4.79 Å². The molecule has 46 heavy (non-hydrogen) atoms. The maximum Gasteiger partial charge on any atom is 0.326 e. The van der Waals surface area contributed by atoms with Gasteiger partial charge in [-0.3, -0.25) is 9.59 Å². The van der Waals surface area contributed by atoms with Crippen LogP contribution in [-0.4, -0.2) is 78.0 Å². The molecule has 4 amide bonds. The average molecular weight is 670 g/mol. The number of amides is 4. The van der Waals surface area contributed by atoms with Crippen LogP contribution in [-0.2, 0) is 20.8 Å². The lowest BCUT2D eigenvalue weighted by atomic mass is 9.88. The maximum absolute atomic E-state index is 13.3. The summed E-state index contributed by atoms with van der Waals surface area (Å²) in [5.41, 5.74) is 2.97. The fourth-order valence-corrected chi connectivity index (χ4v) is 5.74. The molecule has 0 bridgehead atoms. The van der Waals surface area contributed by atoms with E-state index in [2.05, 4.69) is 17.6 Å². The molecule has 1 fully saturated rings. The Morgan fingerprint density at radius 2 is 1.57 bits per heavy atom. The van der Waals surface area contributed by atoms with Crippen molar-refractivity contribution in [3.8, 4) is 0 Å². The van der Waals surface area contributed by atoms with Crippen LogP contribution < -0.4 is 10.6 Å². The fourth-order valence-electron chi connectivity index (χ4n) is 5.24. The van der Waals surface area contributed by atoms with E-state index in [0.29, 0.717) is 22.9 Å². The lowest BCUT2D eigenvalue weighted by molar-refractivity contribution is -0.150. The zero-order chi connectivity index (χ0) is 33.5. The van der Waals surface area contributed by atoms with Crippen LogP contribution in [0.2, 0.25) is 10.0 Å². The third kappa shape index (κ3) is 11.1. The molecule has 3 aromatic rings. The van der Waals surface area contributed by atoms with Crippen molar-refractivity contribution < 1.29 is 24.3 Å². The molecule has 1 heterocycles. The first-order chi connectivity index (χ1) is 22.1. The minimum atomic E-state index is -1.21. The van der Waals surface area contributed by atoms with Gasteiger partial charge in [0.2, 0.25) is 11.8 Å². The molecular formula is C35H42Cl2N4O5. The minimum Gasteiger partial charge on any atom is -0.480 e. The largest absolute Gasteiger partial charge is 0.480 e. The summed E-state index contributed by atoms with van der Waals surface area (Å²) in [6.07, 6.45) is 2.85. The van der Waals surface area contributed by atoms with Crippen LogP contribution in [0.25, 0.3) is 0 Å². The average Bonchev–Trinajstić information content (AvgIpc) is 3.17. The number of benzene rings is 3. The number of halogens is 2. The quantitative estimate of drug-likeness (QED) is 0.205. The van der Waals surface area contributed by atoms with E-state index in [1.807, 2.05) is 60.7 Å². The molecule has 0 spiro atoms. The molecular weight excluding hydrogens is 627 g/mol. The summed E-state index contributed by atoms with van der Waals surface area (Å²) in [6.45, 7) is 3.16. The van der Waals surface area contributed by atoms with E-state index in [4.69, 9.17) is 23.2 Å². The molecule has 0 aromatic heterocycles. The van der Waals surface area contributed by atoms with Crippen molar-refractivity contribution in [2.75, 3.05) is 33.2 Å². The van der Waals surface area contributed by atoms with Gasteiger partial charge in [-0.15, -0.1) is 0 Å². The molecule has 1 aliphatic rings. The number of urea groups is 1. The number of hydrogen-bond acceptors (Lipinski definition) is 4. The summed E-state index contributed by atoms with van der Waals surface area (Å²) in [7, 11) is 1.61. The van der Waals surface area contributed by atoms with Gasteiger partial charge in [0, 0.05) is 42.6 Å². The normalized spacial score (nSPS) is 14.8. The van der Waals surface area contributed by atoms with E-state index in [1.54, 1.807) is 25.2 Å². The first-order valence-electron chi connectivity index (χ1n) is 15.4. The number of hydrogen-bond donors (Lipinski definition) is 3. The van der Waals surface area contributed by atoms with Crippen LogP contribution in [0.15, 0.2) is 78.9 Å². The molecule has 0 radical (unpaired) electrons. The maximum atomic E-state index is 13.3. The number of nitrogens with zero attached hydrogens (tertiary/aromatic N) is 2. The molecule has 3 aromatic carbocycles. The molecule has 1 unspecified atom stereocenters. The summed E-state index contributed by atoms with van der Waals surface area (Å²) >= 11 is 12.2. The van der Waals surface area contributed by atoms with Gasteiger partial charge in [-0.05, 0) is 48.1 Å². The highest BCUT2D eigenvalue weighted by molar-refractivity contribution is 6.35. The fraction of sp³-hybridized carbons (Fsp3) is 0.371. The number of unbranched alkanes of at least 4 members (excludes halogenated alkanes) is 1. The Kier molecular flexibility index (Phi) is 14.9. The van der Waals surface area contributed by atoms with Crippen molar-refractivity contribution in [2.45, 2.75) is 51.0 Å².